The minimum Gasteiger partial charge on any atom is -0.382 e. The van der Waals surface area contributed by atoms with Gasteiger partial charge >= 0.3 is 0 Å². The van der Waals surface area contributed by atoms with Gasteiger partial charge < -0.3 is 23.7 Å². The number of methoxy groups -OCH3 is 2. The van der Waals surface area contributed by atoms with E-state index in [0.717, 1.165) is 96.4 Å². The van der Waals surface area contributed by atoms with Gasteiger partial charge in [0, 0.05) is 39.4 Å². The first-order valence-electron chi connectivity index (χ1n) is 25.3. The van der Waals surface area contributed by atoms with Gasteiger partial charge in [0.15, 0.2) is 0 Å². The highest BCUT2D eigenvalue weighted by atomic mass is 79.9. The van der Waals surface area contributed by atoms with Gasteiger partial charge in [-0.1, -0.05) is 101 Å². The van der Waals surface area contributed by atoms with Crippen LogP contribution in [0, 0.1) is 83.1 Å². The van der Waals surface area contributed by atoms with E-state index in [1.54, 1.807) is 14.2 Å². The molecule has 4 aromatic rings. The van der Waals surface area contributed by atoms with Crippen molar-refractivity contribution in [1.82, 2.24) is 0 Å². The molecule has 0 aliphatic carbocycles. The van der Waals surface area contributed by atoms with Gasteiger partial charge in [0.05, 0.1) is 78.6 Å². The van der Waals surface area contributed by atoms with Crippen molar-refractivity contribution >= 4 is 61.5 Å². The molecule has 9 nitrogen and oxygen atoms in total. The first-order chi connectivity index (χ1) is 33.4. The van der Waals surface area contributed by atoms with Crippen molar-refractivity contribution in [2.75, 3.05) is 72.4 Å². The third kappa shape index (κ3) is 22.5. The zero-order valence-electron chi connectivity index (χ0n) is 46.4. The lowest BCUT2D eigenvalue weighted by Gasteiger charge is -2.14. The van der Waals surface area contributed by atoms with Crippen molar-refractivity contribution in [2.45, 2.75) is 142 Å². The van der Waals surface area contributed by atoms with Gasteiger partial charge in [-0.05, 0) is 173 Å². The van der Waals surface area contributed by atoms with E-state index in [1.165, 1.54) is 79.6 Å². The molecule has 0 saturated carbocycles. The van der Waals surface area contributed by atoms with Crippen molar-refractivity contribution in [1.29, 1.82) is 0 Å². The zero-order chi connectivity index (χ0) is 52.2. The number of ether oxygens (including phenoxy) is 5. The molecule has 0 N–H and O–H groups in total. The summed E-state index contributed by atoms with van der Waals surface area (Å²) >= 11 is 3.24. The van der Waals surface area contributed by atoms with Crippen LogP contribution >= 0.6 is 15.9 Å². The Balaban J connectivity index is 0.000000387. The van der Waals surface area contributed by atoms with E-state index in [-0.39, 0.29) is 0 Å². The van der Waals surface area contributed by atoms with Crippen LogP contribution in [-0.4, -0.2) is 95.3 Å². The highest BCUT2D eigenvalue weighted by molar-refractivity contribution is 9.09. The summed E-state index contributed by atoms with van der Waals surface area (Å²) in [7, 11) is 3.36. The summed E-state index contributed by atoms with van der Waals surface area (Å²) in [6.07, 6.45) is 5.99. The van der Waals surface area contributed by atoms with Gasteiger partial charge in [-0.15, -0.1) is 0 Å². The normalized spacial score (nSPS) is 13.1. The maximum absolute atomic E-state index is 5.70. The molecule has 0 aromatic heterocycles. The fourth-order valence-electron chi connectivity index (χ4n) is 8.46. The monoisotopic (exact) mass is 1020 g/mol. The van der Waals surface area contributed by atoms with E-state index in [1.807, 2.05) is 0 Å². The Bertz CT molecular complexity index is 2240. The third-order valence-electron chi connectivity index (χ3n) is 11.6. The number of rotatable bonds is 20. The minimum absolute atomic E-state index is 0.621. The Morgan fingerprint density at radius 3 is 1.10 bits per heavy atom. The van der Waals surface area contributed by atoms with Crippen molar-refractivity contribution < 1.29 is 23.7 Å². The number of hydrogen-bond donors (Lipinski definition) is 0. The Kier molecular flexibility index (Phi) is 30.3. The molecule has 10 heteroatoms. The van der Waals surface area contributed by atoms with Crippen molar-refractivity contribution in [2.24, 2.45) is 20.0 Å². The summed E-state index contributed by atoms with van der Waals surface area (Å²) in [5.41, 5.74) is 23.2. The molecule has 1 heterocycles. The lowest BCUT2D eigenvalue weighted by Crippen LogP contribution is -2.15. The largest absolute Gasteiger partial charge is 0.382 e. The lowest BCUT2D eigenvalue weighted by molar-refractivity contribution is 0.0701. The van der Waals surface area contributed by atoms with Crippen molar-refractivity contribution in [3.63, 3.8) is 0 Å². The molecule has 70 heavy (non-hydrogen) atoms. The summed E-state index contributed by atoms with van der Waals surface area (Å²) < 4.78 is 25.5. The number of halogens is 1. The average Bonchev–Trinajstić information content (AvgIpc) is 3.89. The van der Waals surface area contributed by atoms with Crippen LogP contribution in [0.2, 0.25) is 0 Å². The van der Waals surface area contributed by atoms with Gasteiger partial charge in [-0.2, -0.15) is 0 Å². The van der Waals surface area contributed by atoms with Gasteiger partial charge in [-0.3, -0.25) is 20.0 Å². The first-order valence-corrected chi connectivity index (χ1v) is 26.4. The molecule has 1 aliphatic heterocycles. The maximum atomic E-state index is 5.70. The number of hydrogen-bond acceptors (Lipinski definition) is 9. The smallest absolute Gasteiger partial charge is 0.0700 e. The maximum Gasteiger partial charge on any atom is 0.0700 e. The van der Waals surface area contributed by atoms with E-state index in [0.29, 0.717) is 33.0 Å². The standard InChI is InChI=1S/C28H40N2O2.C23H30N2.C5H11BrO2.C4H8O/c1-9-25(29-27-21(4)15-19(2)16-22(27)5)26(11-10-12-32-14-13-31-8)30-28-23(6)17-20(3)18-24(28)7;1-9-21(25-23-18(6)12-15(3)13-19(23)7)20(8)24-22-16(4)10-14(2)11-17(22)5;1-7-4-5-8-3-2-6;1-2-4-5-3-1/h15-18H,9-14H2,1-8H3;10-13H,9H2,1-8H3;2-5H2,1H3;1-4H2. The van der Waals surface area contributed by atoms with E-state index < -0.39 is 0 Å². The van der Waals surface area contributed by atoms with Crippen molar-refractivity contribution in [3.05, 3.63) is 115 Å². The van der Waals surface area contributed by atoms with Crippen LogP contribution in [-0.2, 0) is 23.7 Å². The highest BCUT2D eigenvalue weighted by Gasteiger charge is 2.14. The molecule has 4 aromatic carbocycles. The minimum atomic E-state index is 0.621. The summed E-state index contributed by atoms with van der Waals surface area (Å²) in [4.78, 5) is 20.2. The number of nitrogens with zero attached hydrogens (tertiary/aromatic N) is 4. The van der Waals surface area contributed by atoms with Crippen LogP contribution in [0.4, 0.5) is 22.7 Å². The molecule has 0 atom stereocenters. The number of benzene rings is 4. The second-order valence-electron chi connectivity index (χ2n) is 18.4. The summed E-state index contributed by atoms with van der Waals surface area (Å²) in [5.74, 6) is 0. The summed E-state index contributed by atoms with van der Waals surface area (Å²) in [5, 5.41) is 0.900. The van der Waals surface area contributed by atoms with Gasteiger partial charge in [0.1, 0.15) is 0 Å². The van der Waals surface area contributed by atoms with Crippen LogP contribution in [0.15, 0.2) is 68.5 Å². The molecule has 0 radical (unpaired) electrons. The zero-order valence-corrected chi connectivity index (χ0v) is 48.0. The SMILES string of the molecule is C1CCOC1.CCC(=Nc1c(C)cc(C)cc1C)C(C)=Nc1c(C)cc(C)cc1C.CCC(=Nc1c(C)cc(C)cc1C)C(CCCOCCOC)=Nc1c(C)cc(C)cc1C.COCCOCCBr. The van der Waals surface area contributed by atoms with E-state index in [2.05, 4.69) is 168 Å². The molecule has 0 amide bonds. The molecular weight excluding hydrogens is 937 g/mol. The molecule has 0 unspecified atom stereocenters. The number of alkyl halides is 1. The number of aliphatic imine (C=N–C) groups is 4. The molecule has 5 rings (SSSR count). The van der Waals surface area contributed by atoms with E-state index in [4.69, 9.17) is 43.7 Å². The van der Waals surface area contributed by atoms with Gasteiger partial charge in [0.2, 0.25) is 0 Å². The van der Waals surface area contributed by atoms with Crippen LogP contribution in [0.5, 0.6) is 0 Å². The summed E-state index contributed by atoms with van der Waals surface area (Å²) in [6, 6.07) is 17.6. The van der Waals surface area contributed by atoms with Crippen LogP contribution in [0.25, 0.3) is 0 Å². The fourth-order valence-corrected chi connectivity index (χ4v) is 8.68. The molecule has 0 bridgehead atoms. The van der Waals surface area contributed by atoms with Gasteiger partial charge in [0.25, 0.3) is 0 Å². The summed E-state index contributed by atoms with van der Waals surface area (Å²) in [6.45, 7) is 38.1. The topological polar surface area (TPSA) is 95.6 Å². The lowest BCUT2D eigenvalue weighted by atomic mass is 10.0. The third-order valence-corrected chi connectivity index (χ3v) is 11.9. The number of aryl methyl sites for hydroxylation is 12. The van der Waals surface area contributed by atoms with E-state index >= 15 is 0 Å². The van der Waals surface area contributed by atoms with E-state index in [9.17, 15) is 0 Å². The second kappa shape index (κ2) is 34.2. The predicted octanol–water partition coefficient (Wildman–Crippen LogP) is 15.9. The van der Waals surface area contributed by atoms with Gasteiger partial charge in [-0.25, -0.2) is 0 Å². The molecule has 0 spiro atoms. The molecular formula is C60H89BrN4O5. The Hall–Kier alpha value is -4.16. The average molecular weight is 1030 g/mol. The molecule has 1 saturated heterocycles. The fraction of sp³-hybridized carbons (Fsp3) is 0.533. The Labute approximate surface area is 433 Å². The quantitative estimate of drug-likeness (QED) is 0.0499. The first kappa shape index (κ1) is 62.0. The highest BCUT2D eigenvalue weighted by Crippen LogP contribution is 2.30. The predicted molar refractivity (Wildman–Crippen MR) is 306 cm³/mol. The van der Waals surface area contributed by atoms with Crippen molar-refractivity contribution in [3.8, 4) is 0 Å². The second-order valence-corrected chi connectivity index (χ2v) is 19.2. The van der Waals surface area contributed by atoms with Crippen LogP contribution < -0.4 is 0 Å². The molecule has 386 valence electrons. The molecule has 1 aliphatic rings. The molecule has 1 fully saturated rings. The Morgan fingerprint density at radius 2 is 0.786 bits per heavy atom. The van der Waals surface area contributed by atoms with Crippen LogP contribution in [0.1, 0.15) is 126 Å². The van der Waals surface area contributed by atoms with Crippen LogP contribution in [0.3, 0.4) is 0 Å². The Morgan fingerprint density at radius 1 is 0.457 bits per heavy atom.